The Morgan fingerprint density at radius 2 is 1.67 bits per heavy atom. The Morgan fingerprint density at radius 1 is 1.25 bits per heavy atom. The first-order chi connectivity index (χ1) is 5.12. The first kappa shape index (κ1) is 9.90. The van der Waals surface area contributed by atoms with Gasteiger partial charge in [-0.05, 0) is 11.8 Å². The molecule has 1 nitrogen and oxygen atoms in total. The molecule has 12 heavy (non-hydrogen) atoms. The van der Waals surface area contributed by atoms with Crippen molar-refractivity contribution in [1.29, 1.82) is 0 Å². The molecule has 1 saturated carbocycles. The first-order valence-corrected chi connectivity index (χ1v) is 4.29. The molecule has 0 atom stereocenters. The summed E-state index contributed by atoms with van der Waals surface area (Å²) < 4.78 is 25.1. The van der Waals surface area contributed by atoms with Gasteiger partial charge in [-0.15, -0.1) is 0 Å². The monoisotopic (exact) mass is 177 g/mol. The van der Waals surface area contributed by atoms with Crippen molar-refractivity contribution in [3.8, 4) is 0 Å². The highest BCUT2D eigenvalue weighted by atomic mass is 19.3. The van der Waals surface area contributed by atoms with Crippen molar-refractivity contribution in [3.05, 3.63) is 0 Å². The second-order valence-corrected chi connectivity index (χ2v) is 5.31. The second kappa shape index (κ2) is 2.41. The van der Waals surface area contributed by atoms with Gasteiger partial charge < -0.3 is 5.73 Å². The van der Waals surface area contributed by atoms with Gasteiger partial charge in [0, 0.05) is 18.4 Å². The lowest BCUT2D eigenvalue weighted by atomic mass is 9.66. The summed E-state index contributed by atoms with van der Waals surface area (Å²) in [5, 5.41) is 0. The van der Waals surface area contributed by atoms with Crippen molar-refractivity contribution in [2.24, 2.45) is 11.1 Å². The number of rotatable bonds is 1. The average Bonchev–Trinajstić information content (AvgIpc) is 1.48. The molecule has 0 amide bonds. The second-order valence-electron chi connectivity index (χ2n) is 5.31. The van der Waals surface area contributed by atoms with Gasteiger partial charge >= 0.3 is 0 Å². The quantitative estimate of drug-likeness (QED) is 0.654. The predicted molar refractivity (Wildman–Crippen MR) is 45.2 cm³/mol. The Kier molecular flexibility index (Phi) is 1.99. The molecule has 0 heterocycles. The number of alkyl halides is 2. The third-order valence-electron chi connectivity index (χ3n) is 2.10. The molecule has 72 valence electrons. The maximum atomic E-state index is 12.5. The van der Waals surface area contributed by atoms with E-state index in [0.29, 0.717) is 6.42 Å². The minimum Gasteiger partial charge on any atom is -0.325 e. The lowest BCUT2D eigenvalue weighted by Crippen LogP contribution is -2.59. The number of nitrogens with two attached hydrogens (primary N) is 1. The Morgan fingerprint density at radius 3 is 1.92 bits per heavy atom. The molecule has 0 radical (unpaired) electrons. The third kappa shape index (κ3) is 2.41. The molecular weight excluding hydrogens is 160 g/mol. The third-order valence-corrected chi connectivity index (χ3v) is 2.10. The summed E-state index contributed by atoms with van der Waals surface area (Å²) in [7, 11) is 0. The fourth-order valence-corrected chi connectivity index (χ4v) is 2.16. The van der Waals surface area contributed by atoms with Gasteiger partial charge in [0.05, 0.1) is 0 Å². The number of halogens is 2. The van der Waals surface area contributed by atoms with Gasteiger partial charge in [-0.3, -0.25) is 0 Å². The van der Waals surface area contributed by atoms with Crippen LogP contribution in [0.25, 0.3) is 0 Å². The Hall–Kier alpha value is -0.180. The van der Waals surface area contributed by atoms with Crippen molar-refractivity contribution in [2.75, 3.05) is 0 Å². The van der Waals surface area contributed by atoms with E-state index in [2.05, 4.69) is 0 Å². The van der Waals surface area contributed by atoms with Crippen LogP contribution in [-0.2, 0) is 0 Å². The maximum Gasteiger partial charge on any atom is 0.251 e. The molecule has 0 bridgehead atoms. The van der Waals surface area contributed by atoms with Crippen LogP contribution >= 0.6 is 0 Å². The van der Waals surface area contributed by atoms with E-state index >= 15 is 0 Å². The highest BCUT2D eigenvalue weighted by molar-refractivity contribution is 5.04. The van der Waals surface area contributed by atoms with E-state index in [9.17, 15) is 8.78 Å². The van der Waals surface area contributed by atoms with Crippen LogP contribution in [-0.4, -0.2) is 11.5 Å². The summed E-state index contributed by atoms with van der Waals surface area (Å²) >= 11 is 0. The van der Waals surface area contributed by atoms with Crippen LogP contribution in [0.15, 0.2) is 0 Å². The van der Waals surface area contributed by atoms with E-state index in [1.54, 1.807) is 0 Å². The molecule has 0 aliphatic heterocycles. The molecular formula is C9H17F2N. The molecule has 0 unspecified atom stereocenters. The minimum absolute atomic E-state index is 0.0469. The standard InChI is InChI=1S/C9H17F2N/c1-7(2,3)4-8(12)5-9(10,11)6-8/h4-6,12H2,1-3H3. The van der Waals surface area contributed by atoms with Crippen molar-refractivity contribution in [3.63, 3.8) is 0 Å². The Bertz CT molecular complexity index is 173. The van der Waals surface area contributed by atoms with E-state index in [0.717, 1.165) is 0 Å². The molecule has 1 rings (SSSR count). The summed E-state index contributed by atoms with van der Waals surface area (Å²) in [6.07, 6.45) is 0.393. The zero-order chi connectivity index (χ0) is 9.62. The molecule has 3 heteroatoms. The molecule has 1 fully saturated rings. The highest BCUT2D eigenvalue weighted by Gasteiger charge is 2.55. The average molecular weight is 177 g/mol. The largest absolute Gasteiger partial charge is 0.325 e. The molecule has 2 N–H and O–H groups in total. The zero-order valence-electron chi connectivity index (χ0n) is 7.95. The molecule has 0 aromatic rings. The van der Waals surface area contributed by atoms with E-state index < -0.39 is 11.5 Å². The van der Waals surface area contributed by atoms with Gasteiger partial charge in [-0.25, -0.2) is 8.78 Å². The van der Waals surface area contributed by atoms with Gasteiger partial charge in [0.25, 0.3) is 5.92 Å². The Balaban J connectivity index is 2.46. The molecule has 0 aromatic heterocycles. The summed E-state index contributed by atoms with van der Waals surface area (Å²) in [5.41, 5.74) is 5.22. The molecule has 0 aromatic carbocycles. The molecule has 1 aliphatic carbocycles. The molecule has 0 saturated heterocycles. The smallest absolute Gasteiger partial charge is 0.251 e. The van der Waals surface area contributed by atoms with Gasteiger partial charge in [0.1, 0.15) is 0 Å². The van der Waals surface area contributed by atoms with Crippen molar-refractivity contribution < 1.29 is 8.78 Å². The molecule has 1 aliphatic rings. The van der Waals surface area contributed by atoms with Crippen LogP contribution < -0.4 is 5.73 Å². The van der Waals surface area contributed by atoms with Crippen molar-refractivity contribution >= 4 is 0 Å². The fourth-order valence-electron chi connectivity index (χ4n) is 2.16. The first-order valence-electron chi connectivity index (χ1n) is 4.29. The fraction of sp³-hybridized carbons (Fsp3) is 1.00. The minimum atomic E-state index is -2.50. The highest BCUT2D eigenvalue weighted by Crippen LogP contribution is 2.48. The van der Waals surface area contributed by atoms with E-state index in [-0.39, 0.29) is 18.3 Å². The van der Waals surface area contributed by atoms with E-state index in [1.165, 1.54) is 0 Å². The van der Waals surface area contributed by atoms with Crippen LogP contribution in [0.3, 0.4) is 0 Å². The predicted octanol–water partition coefficient (Wildman–Crippen LogP) is 2.55. The number of hydrogen-bond acceptors (Lipinski definition) is 1. The zero-order valence-corrected chi connectivity index (χ0v) is 7.95. The van der Waals surface area contributed by atoms with Gasteiger partial charge in [-0.2, -0.15) is 0 Å². The maximum absolute atomic E-state index is 12.5. The summed E-state index contributed by atoms with van der Waals surface area (Å²) in [4.78, 5) is 0. The van der Waals surface area contributed by atoms with Crippen LogP contribution in [0.1, 0.15) is 40.0 Å². The van der Waals surface area contributed by atoms with Gasteiger partial charge in [0.15, 0.2) is 0 Å². The Labute approximate surface area is 72.3 Å². The van der Waals surface area contributed by atoms with Crippen molar-refractivity contribution in [1.82, 2.24) is 0 Å². The lowest BCUT2D eigenvalue weighted by Gasteiger charge is -2.47. The normalized spacial score (nSPS) is 26.5. The summed E-state index contributed by atoms with van der Waals surface area (Å²) in [6.45, 7) is 6.08. The van der Waals surface area contributed by atoms with Crippen molar-refractivity contribution in [2.45, 2.75) is 51.5 Å². The molecule has 0 spiro atoms. The number of hydrogen-bond donors (Lipinski definition) is 1. The topological polar surface area (TPSA) is 26.0 Å². The summed E-state index contributed by atoms with van der Waals surface area (Å²) in [6, 6.07) is 0. The van der Waals surface area contributed by atoms with Crippen LogP contribution in [0.4, 0.5) is 8.78 Å². The van der Waals surface area contributed by atoms with Gasteiger partial charge in [0.2, 0.25) is 0 Å². The lowest BCUT2D eigenvalue weighted by molar-refractivity contribution is -0.130. The SMILES string of the molecule is CC(C)(C)CC1(N)CC(F)(F)C1. The van der Waals surface area contributed by atoms with E-state index in [4.69, 9.17) is 5.73 Å². The van der Waals surface area contributed by atoms with Gasteiger partial charge in [-0.1, -0.05) is 20.8 Å². The summed E-state index contributed by atoms with van der Waals surface area (Å²) in [5.74, 6) is -2.50. The van der Waals surface area contributed by atoms with Crippen LogP contribution in [0, 0.1) is 5.41 Å². The van der Waals surface area contributed by atoms with Crippen LogP contribution in [0.5, 0.6) is 0 Å². The van der Waals surface area contributed by atoms with Crippen LogP contribution in [0.2, 0.25) is 0 Å². The van der Waals surface area contributed by atoms with E-state index in [1.807, 2.05) is 20.8 Å².